The van der Waals surface area contributed by atoms with Gasteiger partial charge in [-0.25, -0.2) is 10.2 Å². The standard InChI is InChI=1S/C17H19N3O4/c1-22-14-8-7-12(10-19-20-17(18)21)9-13(14)11-24-16-6-4-3-5-15(16)23-2/h3-10H,11H2,1-2H3,(H3,18,20,21). The average molecular weight is 329 g/mol. The number of urea groups is 1. The van der Waals surface area contributed by atoms with Gasteiger partial charge in [0, 0.05) is 5.56 Å². The van der Waals surface area contributed by atoms with Gasteiger partial charge in [-0.05, 0) is 35.9 Å². The van der Waals surface area contributed by atoms with Gasteiger partial charge >= 0.3 is 6.03 Å². The van der Waals surface area contributed by atoms with Crippen molar-refractivity contribution in [1.82, 2.24) is 5.43 Å². The quantitative estimate of drug-likeness (QED) is 0.602. The molecular weight excluding hydrogens is 310 g/mol. The van der Waals surface area contributed by atoms with Crippen molar-refractivity contribution in [2.45, 2.75) is 6.61 Å². The van der Waals surface area contributed by atoms with Crippen LogP contribution in [0.15, 0.2) is 47.6 Å². The predicted molar refractivity (Wildman–Crippen MR) is 90.6 cm³/mol. The highest BCUT2D eigenvalue weighted by atomic mass is 16.5. The first-order valence-electron chi connectivity index (χ1n) is 7.15. The molecule has 2 amide bonds. The largest absolute Gasteiger partial charge is 0.496 e. The van der Waals surface area contributed by atoms with Gasteiger partial charge in [0.05, 0.1) is 20.4 Å². The van der Waals surface area contributed by atoms with E-state index < -0.39 is 6.03 Å². The number of amides is 2. The molecule has 24 heavy (non-hydrogen) atoms. The van der Waals surface area contributed by atoms with Crippen LogP contribution < -0.4 is 25.4 Å². The van der Waals surface area contributed by atoms with E-state index in [0.29, 0.717) is 17.2 Å². The smallest absolute Gasteiger partial charge is 0.332 e. The van der Waals surface area contributed by atoms with Crippen LogP contribution in [0.3, 0.4) is 0 Å². The van der Waals surface area contributed by atoms with Gasteiger partial charge in [0.25, 0.3) is 0 Å². The summed E-state index contributed by atoms with van der Waals surface area (Å²) in [6.45, 7) is 0.286. The Hall–Kier alpha value is -3.22. The van der Waals surface area contributed by atoms with Crippen molar-refractivity contribution in [2.24, 2.45) is 10.8 Å². The van der Waals surface area contributed by atoms with E-state index in [1.54, 1.807) is 26.4 Å². The van der Waals surface area contributed by atoms with Crippen molar-refractivity contribution in [3.8, 4) is 17.2 Å². The minimum Gasteiger partial charge on any atom is -0.496 e. The van der Waals surface area contributed by atoms with Crippen molar-refractivity contribution in [2.75, 3.05) is 14.2 Å². The molecule has 0 aliphatic rings. The number of hydrazone groups is 1. The molecule has 7 heteroatoms. The van der Waals surface area contributed by atoms with E-state index in [2.05, 4.69) is 10.5 Å². The molecule has 0 aromatic heterocycles. The highest BCUT2D eigenvalue weighted by molar-refractivity contribution is 5.82. The lowest BCUT2D eigenvalue weighted by Gasteiger charge is -2.13. The molecule has 0 saturated carbocycles. The number of rotatable bonds is 7. The van der Waals surface area contributed by atoms with Crippen molar-refractivity contribution in [3.05, 3.63) is 53.6 Å². The summed E-state index contributed by atoms with van der Waals surface area (Å²) >= 11 is 0. The van der Waals surface area contributed by atoms with Crippen LogP contribution in [-0.4, -0.2) is 26.5 Å². The maximum absolute atomic E-state index is 10.6. The molecule has 2 rings (SSSR count). The topological polar surface area (TPSA) is 95.2 Å². The Bertz CT molecular complexity index is 732. The van der Waals surface area contributed by atoms with Gasteiger partial charge in [-0.15, -0.1) is 0 Å². The molecule has 0 heterocycles. The van der Waals surface area contributed by atoms with Crippen LogP contribution in [0.2, 0.25) is 0 Å². The van der Waals surface area contributed by atoms with Crippen molar-refractivity contribution in [1.29, 1.82) is 0 Å². The molecule has 2 aromatic rings. The van der Waals surface area contributed by atoms with Gasteiger partial charge in [0.15, 0.2) is 11.5 Å². The van der Waals surface area contributed by atoms with E-state index >= 15 is 0 Å². The van der Waals surface area contributed by atoms with Gasteiger partial charge in [0.1, 0.15) is 12.4 Å². The molecule has 0 bridgehead atoms. The molecule has 0 fully saturated rings. The number of nitrogens with two attached hydrogens (primary N) is 1. The van der Waals surface area contributed by atoms with Gasteiger partial charge < -0.3 is 19.9 Å². The van der Waals surface area contributed by atoms with Crippen LogP contribution in [0.5, 0.6) is 17.2 Å². The maximum atomic E-state index is 10.6. The molecule has 0 atom stereocenters. The lowest BCUT2D eigenvalue weighted by atomic mass is 10.1. The third-order valence-corrected chi connectivity index (χ3v) is 3.15. The van der Waals surface area contributed by atoms with Crippen LogP contribution in [0.1, 0.15) is 11.1 Å². The summed E-state index contributed by atoms with van der Waals surface area (Å²) in [6.07, 6.45) is 1.48. The monoisotopic (exact) mass is 329 g/mol. The van der Waals surface area contributed by atoms with Gasteiger partial charge in [0.2, 0.25) is 0 Å². The fourth-order valence-corrected chi connectivity index (χ4v) is 2.06. The Balaban J connectivity index is 2.15. The summed E-state index contributed by atoms with van der Waals surface area (Å²) in [4.78, 5) is 10.6. The summed E-state index contributed by atoms with van der Waals surface area (Å²) in [5.41, 5.74) is 8.69. The van der Waals surface area contributed by atoms with Gasteiger partial charge in [-0.1, -0.05) is 12.1 Å². The normalized spacial score (nSPS) is 10.4. The second-order valence-corrected chi connectivity index (χ2v) is 4.75. The van der Waals surface area contributed by atoms with E-state index in [1.165, 1.54) is 6.21 Å². The minimum atomic E-state index is -0.723. The number of benzene rings is 2. The second-order valence-electron chi connectivity index (χ2n) is 4.75. The van der Waals surface area contributed by atoms with Crippen LogP contribution >= 0.6 is 0 Å². The van der Waals surface area contributed by atoms with E-state index in [9.17, 15) is 4.79 Å². The highest BCUT2D eigenvalue weighted by Crippen LogP contribution is 2.28. The van der Waals surface area contributed by atoms with Crippen LogP contribution in [0.25, 0.3) is 0 Å². The Morgan fingerprint density at radius 3 is 2.50 bits per heavy atom. The third kappa shape index (κ3) is 4.64. The summed E-state index contributed by atoms with van der Waals surface area (Å²) in [6, 6.07) is 12.1. The van der Waals surface area contributed by atoms with E-state index in [4.69, 9.17) is 19.9 Å². The first-order chi connectivity index (χ1) is 11.6. The number of hydrogen-bond donors (Lipinski definition) is 2. The molecule has 7 nitrogen and oxygen atoms in total. The van der Waals surface area contributed by atoms with E-state index in [1.807, 2.05) is 30.3 Å². The van der Waals surface area contributed by atoms with Crippen LogP contribution in [0, 0.1) is 0 Å². The first kappa shape index (κ1) is 17.1. The highest BCUT2D eigenvalue weighted by Gasteiger charge is 2.08. The van der Waals surface area contributed by atoms with E-state index in [-0.39, 0.29) is 6.61 Å². The molecule has 3 N–H and O–H groups in total. The number of primary amides is 1. The Morgan fingerprint density at radius 2 is 1.83 bits per heavy atom. The summed E-state index contributed by atoms with van der Waals surface area (Å²) in [5.74, 6) is 1.97. The Morgan fingerprint density at radius 1 is 1.12 bits per heavy atom. The molecule has 126 valence electrons. The lowest BCUT2D eigenvalue weighted by Crippen LogP contribution is -2.24. The minimum absolute atomic E-state index is 0.286. The molecule has 0 radical (unpaired) electrons. The second kappa shape index (κ2) is 8.42. The number of nitrogens with zero attached hydrogens (tertiary/aromatic N) is 1. The molecule has 0 aliphatic carbocycles. The molecule has 0 spiro atoms. The van der Waals surface area contributed by atoms with Crippen LogP contribution in [0.4, 0.5) is 4.79 Å². The zero-order valence-corrected chi connectivity index (χ0v) is 13.5. The number of carbonyl (C=O) groups is 1. The Labute approximate surface area is 140 Å². The maximum Gasteiger partial charge on any atom is 0.332 e. The fraction of sp³-hybridized carbons (Fsp3) is 0.176. The zero-order valence-electron chi connectivity index (χ0n) is 13.5. The SMILES string of the molecule is COc1ccc(C=NNC(N)=O)cc1COc1ccccc1OC. The number of carbonyl (C=O) groups excluding carboxylic acids is 1. The zero-order chi connectivity index (χ0) is 17.4. The number of para-hydroxylation sites is 2. The summed E-state index contributed by atoms with van der Waals surface area (Å²) in [5, 5.41) is 3.73. The fourth-order valence-electron chi connectivity index (χ4n) is 2.06. The lowest BCUT2D eigenvalue weighted by molar-refractivity contribution is 0.249. The van der Waals surface area contributed by atoms with Crippen molar-refractivity contribution >= 4 is 12.2 Å². The van der Waals surface area contributed by atoms with Gasteiger partial charge in [-0.3, -0.25) is 0 Å². The predicted octanol–water partition coefficient (Wildman–Crippen LogP) is 2.29. The number of ether oxygens (including phenoxy) is 3. The van der Waals surface area contributed by atoms with Crippen molar-refractivity contribution in [3.63, 3.8) is 0 Å². The number of methoxy groups -OCH3 is 2. The molecule has 0 saturated heterocycles. The van der Waals surface area contributed by atoms with Crippen LogP contribution in [-0.2, 0) is 6.61 Å². The average Bonchev–Trinajstić information content (AvgIpc) is 2.60. The number of nitrogens with one attached hydrogen (secondary N) is 1. The molecule has 0 unspecified atom stereocenters. The molecule has 2 aromatic carbocycles. The Kier molecular flexibility index (Phi) is 6.01. The van der Waals surface area contributed by atoms with E-state index in [0.717, 1.165) is 11.1 Å². The molecule has 0 aliphatic heterocycles. The third-order valence-electron chi connectivity index (χ3n) is 3.15. The van der Waals surface area contributed by atoms with Gasteiger partial charge in [-0.2, -0.15) is 5.10 Å². The first-order valence-corrected chi connectivity index (χ1v) is 7.15. The summed E-state index contributed by atoms with van der Waals surface area (Å²) in [7, 11) is 3.18. The number of hydrogen-bond acceptors (Lipinski definition) is 5. The van der Waals surface area contributed by atoms with Crippen molar-refractivity contribution < 1.29 is 19.0 Å². The molecular formula is C17H19N3O4. The summed E-state index contributed by atoms with van der Waals surface area (Å²) < 4.78 is 16.4.